The van der Waals surface area contributed by atoms with Crippen LogP contribution in [0.3, 0.4) is 0 Å². The number of hydrogen-bond acceptors (Lipinski definition) is 4. The molecule has 2 aromatic carbocycles. The van der Waals surface area contributed by atoms with Crippen LogP contribution in [0.25, 0.3) is 11.8 Å². The summed E-state index contributed by atoms with van der Waals surface area (Å²) in [6.45, 7) is 3.52. The number of halogens is 2. The second-order valence-electron chi connectivity index (χ2n) is 7.54. The zero-order valence-corrected chi connectivity index (χ0v) is 19.5. The number of aromatic carboxylic acids is 1. The van der Waals surface area contributed by atoms with Gasteiger partial charge in [0, 0.05) is 11.4 Å². The first-order valence-electron chi connectivity index (χ1n) is 9.98. The Balaban J connectivity index is 1.81. The van der Waals surface area contributed by atoms with E-state index in [2.05, 4.69) is 5.32 Å². The molecule has 1 fully saturated rings. The average molecular weight is 498 g/mol. The minimum Gasteiger partial charge on any atom is -0.478 e. The van der Waals surface area contributed by atoms with Crippen molar-refractivity contribution in [3.63, 3.8) is 0 Å². The molecule has 1 aliphatic rings. The molecule has 2 N–H and O–H groups in total. The molecule has 4 rings (SSSR count). The van der Waals surface area contributed by atoms with Crippen molar-refractivity contribution in [3.8, 4) is 5.69 Å². The molecule has 0 spiro atoms. The highest BCUT2D eigenvalue weighted by Gasteiger charge is 2.36. The van der Waals surface area contributed by atoms with Crippen LogP contribution in [0.15, 0.2) is 54.1 Å². The van der Waals surface area contributed by atoms with E-state index in [1.54, 1.807) is 30.5 Å². The van der Waals surface area contributed by atoms with Crippen molar-refractivity contribution in [3.05, 3.63) is 87.5 Å². The Morgan fingerprint density at radius 1 is 1.12 bits per heavy atom. The van der Waals surface area contributed by atoms with Gasteiger partial charge in [-0.15, -0.1) is 0 Å². The third kappa shape index (κ3) is 4.00. The van der Waals surface area contributed by atoms with E-state index in [0.29, 0.717) is 27.7 Å². The summed E-state index contributed by atoms with van der Waals surface area (Å²) >= 11 is 11.5. The van der Waals surface area contributed by atoms with Crippen LogP contribution in [0.4, 0.5) is 10.1 Å². The summed E-state index contributed by atoms with van der Waals surface area (Å²) in [6.07, 6.45) is 1.39. The number of rotatable bonds is 4. The van der Waals surface area contributed by atoms with Gasteiger partial charge in [0.25, 0.3) is 11.8 Å². The van der Waals surface area contributed by atoms with Gasteiger partial charge >= 0.3 is 5.97 Å². The molecule has 0 radical (unpaired) electrons. The van der Waals surface area contributed by atoms with Gasteiger partial charge in [-0.3, -0.25) is 14.9 Å². The first-order valence-corrected chi connectivity index (χ1v) is 10.8. The van der Waals surface area contributed by atoms with Crippen LogP contribution in [0.1, 0.15) is 27.3 Å². The van der Waals surface area contributed by atoms with E-state index in [1.807, 2.05) is 0 Å². The Morgan fingerprint density at radius 2 is 1.82 bits per heavy atom. The number of para-hydroxylation sites is 1. The fraction of sp³-hybridized carbons (Fsp3) is 0.0833. The van der Waals surface area contributed by atoms with Gasteiger partial charge in [0.05, 0.1) is 22.0 Å². The van der Waals surface area contributed by atoms with Crippen molar-refractivity contribution in [1.82, 2.24) is 9.88 Å². The number of amides is 2. The molecular weight excluding hydrogens is 481 g/mol. The molecule has 1 aromatic heterocycles. The van der Waals surface area contributed by atoms with Crippen molar-refractivity contribution in [2.24, 2.45) is 0 Å². The monoisotopic (exact) mass is 497 g/mol. The molecule has 34 heavy (non-hydrogen) atoms. The maximum absolute atomic E-state index is 14.4. The Hall–Kier alpha value is -3.82. The Morgan fingerprint density at radius 3 is 2.50 bits per heavy atom. The van der Waals surface area contributed by atoms with Gasteiger partial charge in [0.1, 0.15) is 11.4 Å². The number of aromatic nitrogens is 1. The number of anilines is 1. The normalized spacial score (nSPS) is 15.1. The van der Waals surface area contributed by atoms with E-state index in [4.69, 9.17) is 23.8 Å². The van der Waals surface area contributed by atoms with Crippen molar-refractivity contribution < 1.29 is 23.9 Å². The lowest BCUT2D eigenvalue weighted by Crippen LogP contribution is -2.54. The summed E-state index contributed by atoms with van der Waals surface area (Å²) in [5.74, 6) is -3.25. The number of thiocarbonyl (C=S) groups is 1. The molecule has 2 amide bonds. The minimum absolute atomic E-state index is 0.0580. The highest BCUT2D eigenvalue weighted by Crippen LogP contribution is 2.30. The lowest BCUT2D eigenvalue weighted by molar-refractivity contribution is -0.122. The van der Waals surface area contributed by atoms with Crippen LogP contribution in [-0.4, -0.2) is 32.6 Å². The molecule has 1 saturated heterocycles. The zero-order valence-electron chi connectivity index (χ0n) is 17.9. The van der Waals surface area contributed by atoms with Gasteiger partial charge in [0.15, 0.2) is 5.11 Å². The quantitative estimate of drug-likeness (QED) is 0.316. The topological polar surface area (TPSA) is 91.6 Å². The standard InChI is InChI=1S/C24H17ClFN3O4S/c1-12-9-15(13(2)28(12)20-11-14(23(32)33)7-8-17(20)25)10-16-21(30)27-24(34)29(22(16)31)19-6-4-3-5-18(19)26/h3-11H,1-2H3,(H,32,33)(H,27,30,34)/b16-10+. The molecule has 0 saturated carbocycles. The van der Waals surface area contributed by atoms with Crippen LogP contribution in [0, 0.1) is 19.7 Å². The summed E-state index contributed by atoms with van der Waals surface area (Å²) < 4.78 is 16.1. The summed E-state index contributed by atoms with van der Waals surface area (Å²) in [5, 5.41) is 11.9. The first-order chi connectivity index (χ1) is 16.1. The van der Waals surface area contributed by atoms with E-state index >= 15 is 0 Å². The number of benzene rings is 2. The number of hydrogen-bond donors (Lipinski definition) is 2. The van der Waals surface area contributed by atoms with E-state index in [9.17, 15) is 23.9 Å². The number of carbonyl (C=O) groups is 3. The van der Waals surface area contributed by atoms with Crippen LogP contribution < -0.4 is 10.2 Å². The van der Waals surface area contributed by atoms with Gasteiger partial charge in [-0.25, -0.2) is 14.1 Å². The molecule has 10 heteroatoms. The van der Waals surface area contributed by atoms with Gasteiger partial charge in [0.2, 0.25) is 0 Å². The van der Waals surface area contributed by atoms with Crippen LogP contribution in [0.2, 0.25) is 5.02 Å². The SMILES string of the molecule is Cc1cc(/C=C2\C(=O)NC(=S)N(c3ccccc3F)C2=O)c(C)n1-c1cc(C(=O)O)ccc1Cl. The predicted octanol–water partition coefficient (Wildman–Crippen LogP) is 4.42. The molecule has 2 heterocycles. The molecule has 1 aliphatic heterocycles. The molecule has 0 bridgehead atoms. The number of carboxylic acids is 1. The molecular formula is C24H17ClFN3O4S. The van der Waals surface area contributed by atoms with E-state index in [0.717, 1.165) is 4.90 Å². The van der Waals surface area contributed by atoms with Crippen molar-refractivity contribution in [2.45, 2.75) is 13.8 Å². The number of nitrogens with zero attached hydrogens (tertiary/aromatic N) is 2. The number of nitrogens with one attached hydrogen (secondary N) is 1. The zero-order chi connectivity index (χ0) is 24.7. The van der Waals surface area contributed by atoms with Crippen LogP contribution >= 0.6 is 23.8 Å². The first kappa shape index (κ1) is 23.3. The fourth-order valence-electron chi connectivity index (χ4n) is 3.79. The largest absolute Gasteiger partial charge is 0.478 e. The Bertz CT molecular complexity index is 1430. The lowest BCUT2D eigenvalue weighted by atomic mass is 10.1. The van der Waals surface area contributed by atoms with Gasteiger partial charge < -0.3 is 9.67 Å². The summed E-state index contributed by atoms with van der Waals surface area (Å²) in [4.78, 5) is 38.2. The van der Waals surface area contributed by atoms with E-state index < -0.39 is 23.6 Å². The molecule has 3 aromatic rings. The molecule has 172 valence electrons. The highest BCUT2D eigenvalue weighted by molar-refractivity contribution is 7.80. The number of carbonyl (C=O) groups excluding carboxylic acids is 2. The highest BCUT2D eigenvalue weighted by atomic mass is 35.5. The summed E-state index contributed by atoms with van der Waals surface area (Å²) in [6, 6.07) is 11.7. The molecule has 0 aliphatic carbocycles. The van der Waals surface area contributed by atoms with Gasteiger partial charge in [-0.1, -0.05) is 23.7 Å². The third-order valence-corrected chi connectivity index (χ3v) is 6.00. The van der Waals surface area contributed by atoms with E-state index in [1.165, 1.54) is 42.5 Å². The minimum atomic E-state index is -1.10. The van der Waals surface area contributed by atoms with Gasteiger partial charge in [-0.2, -0.15) is 0 Å². The molecule has 0 atom stereocenters. The second-order valence-corrected chi connectivity index (χ2v) is 8.34. The smallest absolute Gasteiger partial charge is 0.335 e. The summed E-state index contributed by atoms with van der Waals surface area (Å²) in [7, 11) is 0. The predicted molar refractivity (Wildman–Crippen MR) is 130 cm³/mol. The second kappa shape index (κ2) is 8.85. The van der Waals surface area contributed by atoms with Gasteiger partial charge in [-0.05, 0) is 74.1 Å². The number of aryl methyl sites for hydroxylation is 1. The maximum Gasteiger partial charge on any atom is 0.335 e. The van der Waals surface area contributed by atoms with Crippen LogP contribution in [-0.2, 0) is 9.59 Å². The van der Waals surface area contributed by atoms with Crippen LogP contribution in [0.5, 0.6) is 0 Å². The third-order valence-electron chi connectivity index (χ3n) is 5.40. The molecule has 0 unspecified atom stereocenters. The van der Waals surface area contributed by atoms with E-state index in [-0.39, 0.29) is 21.9 Å². The molecule has 7 nitrogen and oxygen atoms in total. The Labute approximate surface area is 204 Å². The average Bonchev–Trinajstić information content (AvgIpc) is 3.05. The van der Waals surface area contributed by atoms with Crippen molar-refractivity contribution >= 4 is 58.5 Å². The van der Waals surface area contributed by atoms with Crippen molar-refractivity contribution in [2.75, 3.05) is 4.90 Å². The Kier molecular flexibility index (Phi) is 6.07. The fourth-order valence-corrected chi connectivity index (χ4v) is 4.26. The maximum atomic E-state index is 14.4. The number of carboxylic acid groups (broad SMARTS) is 1. The lowest BCUT2D eigenvalue weighted by Gasteiger charge is -2.29. The summed E-state index contributed by atoms with van der Waals surface area (Å²) in [5.41, 5.74) is 2.01. The van der Waals surface area contributed by atoms with Crippen molar-refractivity contribution in [1.29, 1.82) is 0 Å².